The molecule has 7 atom stereocenters. The number of nitrogens with one attached hydrogen (secondary N) is 1. The molecule has 1 N–H and O–H groups in total. The molecular weight excluding hydrogens is 699 g/mol. The molecule has 3 heterocycles. The molecule has 56 heavy (non-hydrogen) atoms. The number of fused-ring (bicyclic) bond motifs is 12. The molecule has 4 aliphatic carbocycles. The zero-order valence-electron chi connectivity index (χ0n) is 32.4. The number of aliphatic imine (C=N–C) groups is 1. The van der Waals surface area contributed by atoms with Crippen LogP contribution in [0.3, 0.4) is 0 Å². The first-order chi connectivity index (χ1) is 27.4. The third-order valence-electron chi connectivity index (χ3n) is 14.1. The minimum atomic E-state index is -0.173. The fourth-order valence-electron chi connectivity index (χ4n) is 11.6. The number of allylic oxidation sites excluding steroid dienone is 5. The number of thiophene rings is 1. The summed E-state index contributed by atoms with van der Waals surface area (Å²) in [6, 6.07) is 39.0. The maximum Gasteiger partial charge on any atom is 0.200 e. The number of benzene rings is 5. The molecule has 0 saturated heterocycles. The molecule has 1 aliphatic heterocycles. The molecule has 0 spiro atoms. The van der Waals surface area contributed by atoms with Crippen LogP contribution in [0.15, 0.2) is 138 Å². The van der Waals surface area contributed by atoms with Crippen LogP contribution in [-0.4, -0.2) is 10.3 Å². The third kappa shape index (κ3) is 4.97. The van der Waals surface area contributed by atoms with Gasteiger partial charge in [-0.25, -0.2) is 4.99 Å². The van der Waals surface area contributed by atoms with Gasteiger partial charge in [0.2, 0.25) is 6.29 Å². The van der Waals surface area contributed by atoms with Crippen molar-refractivity contribution in [3.8, 4) is 11.1 Å². The highest BCUT2D eigenvalue weighted by Crippen LogP contribution is 2.57. The summed E-state index contributed by atoms with van der Waals surface area (Å²) in [4.78, 5) is 5.91. The molecule has 5 aliphatic rings. The summed E-state index contributed by atoms with van der Waals surface area (Å²) in [5.41, 5.74) is 13.8. The molecule has 7 aromatic rings. The molecule has 276 valence electrons. The maximum atomic E-state index is 5.91. The molecule has 2 aromatic heterocycles. The van der Waals surface area contributed by atoms with E-state index in [2.05, 4.69) is 152 Å². The third-order valence-corrected chi connectivity index (χ3v) is 15.3. The summed E-state index contributed by atoms with van der Waals surface area (Å²) < 4.78 is 5.38. The fraction of sp³-hybridized carbons (Fsp3) is 0.288. The number of hydrogen-bond acceptors (Lipinski definition) is 3. The van der Waals surface area contributed by atoms with Gasteiger partial charge < -0.3 is 9.88 Å². The minimum Gasteiger partial charge on any atom is -0.346 e. The van der Waals surface area contributed by atoms with Crippen molar-refractivity contribution in [3.63, 3.8) is 0 Å². The van der Waals surface area contributed by atoms with Gasteiger partial charge in [0.25, 0.3) is 0 Å². The van der Waals surface area contributed by atoms with Crippen LogP contribution in [-0.2, 0) is 0 Å². The highest BCUT2D eigenvalue weighted by Gasteiger charge is 2.44. The van der Waals surface area contributed by atoms with Gasteiger partial charge in [-0.3, -0.25) is 0 Å². The topological polar surface area (TPSA) is 29.3 Å². The van der Waals surface area contributed by atoms with Crippen LogP contribution in [0.4, 0.5) is 0 Å². The summed E-state index contributed by atoms with van der Waals surface area (Å²) in [7, 11) is 0. The Labute approximate surface area is 333 Å². The zero-order valence-corrected chi connectivity index (χ0v) is 33.2. The van der Waals surface area contributed by atoms with Crippen LogP contribution in [0.2, 0.25) is 0 Å². The second kappa shape index (κ2) is 12.4. The Morgan fingerprint density at radius 2 is 1.50 bits per heavy atom. The highest BCUT2D eigenvalue weighted by molar-refractivity contribution is 7.25. The summed E-state index contributed by atoms with van der Waals surface area (Å²) >= 11 is 1.89. The lowest BCUT2D eigenvalue weighted by Gasteiger charge is -2.40. The van der Waals surface area contributed by atoms with E-state index in [4.69, 9.17) is 4.99 Å². The predicted octanol–water partition coefficient (Wildman–Crippen LogP) is 13.9. The van der Waals surface area contributed by atoms with Crippen LogP contribution in [0.25, 0.3) is 58.5 Å². The molecule has 3 nitrogen and oxygen atoms in total. The Morgan fingerprint density at radius 3 is 2.41 bits per heavy atom. The van der Waals surface area contributed by atoms with Crippen molar-refractivity contribution in [3.05, 3.63) is 149 Å². The van der Waals surface area contributed by atoms with Gasteiger partial charge in [0.05, 0.1) is 11.2 Å². The maximum absolute atomic E-state index is 5.91. The number of hydrogen-bond donors (Lipinski definition) is 1. The lowest BCUT2D eigenvalue weighted by atomic mass is 9.68. The average Bonchev–Trinajstić information content (AvgIpc) is 4.00. The Balaban J connectivity index is 0.995. The van der Waals surface area contributed by atoms with Crippen molar-refractivity contribution in [2.75, 3.05) is 0 Å². The van der Waals surface area contributed by atoms with Crippen molar-refractivity contribution in [2.24, 2.45) is 28.7 Å². The second-order valence-electron chi connectivity index (χ2n) is 17.7. The highest BCUT2D eigenvalue weighted by atomic mass is 32.1. The van der Waals surface area contributed by atoms with Crippen LogP contribution in [0.1, 0.15) is 87.8 Å². The van der Waals surface area contributed by atoms with Crippen LogP contribution < -0.4 is 5.32 Å². The molecule has 4 heteroatoms. The van der Waals surface area contributed by atoms with Crippen LogP contribution in [0, 0.1) is 23.7 Å². The summed E-state index contributed by atoms with van der Waals surface area (Å²) in [5.74, 6) is 2.95. The lowest BCUT2D eigenvalue weighted by Crippen LogP contribution is -2.41. The van der Waals surface area contributed by atoms with E-state index in [9.17, 15) is 0 Å². The van der Waals surface area contributed by atoms with E-state index in [1.54, 1.807) is 11.3 Å². The van der Waals surface area contributed by atoms with Crippen molar-refractivity contribution in [1.82, 2.24) is 9.88 Å². The van der Waals surface area contributed by atoms with E-state index < -0.39 is 0 Å². The molecule has 1 fully saturated rings. The number of rotatable bonds is 4. The number of aromatic nitrogens is 1. The molecule has 5 aromatic carbocycles. The van der Waals surface area contributed by atoms with Crippen LogP contribution >= 0.6 is 11.3 Å². The van der Waals surface area contributed by atoms with Gasteiger partial charge in [-0.2, -0.15) is 0 Å². The van der Waals surface area contributed by atoms with Crippen molar-refractivity contribution < 1.29 is 0 Å². The predicted molar refractivity (Wildman–Crippen MR) is 238 cm³/mol. The Hall–Kier alpha value is -5.19. The Morgan fingerprint density at radius 1 is 0.714 bits per heavy atom. The fourth-order valence-corrected chi connectivity index (χ4v) is 12.7. The monoisotopic (exact) mass is 745 g/mol. The van der Waals surface area contributed by atoms with Crippen molar-refractivity contribution >= 4 is 64.5 Å². The standard InChI is InChI=1S/C52H47N3S/c1-29-12-19-41-44(22-29)53-52(54-50(41)48-30(2)23-39(24-31(48)3)34-14-13-32-8-4-5-9-33(32)25-34)55-45-28-36(17-20-42(45)49-37-15-16-38(26-37)51(49)55)35-18-21-47-43(27-35)40-10-6-7-11-46(40)56-47/h4-11,13-14,17-23,25,27-31,37-38,48,52-53H,12,15-16,24,26H2,1-3H3. The lowest BCUT2D eigenvalue weighted by molar-refractivity contribution is 0.360. The van der Waals surface area contributed by atoms with E-state index in [1.807, 2.05) is 11.3 Å². The number of nitrogens with zero attached hydrogens (tertiary/aromatic N) is 2. The van der Waals surface area contributed by atoms with E-state index in [1.165, 1.54) is 100 Å². The van der Waals surface area contributed by atoms with E-state index >= 15 is 0 Å². The largest absolute Gasteiger partial charge is 0.346 e. The summed E-state index contributed by atoms with van der Waals surface area (Å²) in [5, 5.41) is 10.8. The van der Waals surface area contributed by atoms with Gasteiger partial charge in [-0.05, 0) is 125 Å². The van der Waals surface area contributed by atoms with Gasteiger partial charge in [-0.1, -0.05) is 112 Å². The van der Waals surface area contributed by atoms with E-state index in [0.717, 1.165) is 12.8 Å². The van der Waals surface area contributed by atoms with Crippen molar-refractivity contribution in [2.45, 2.75) is 71.0 Å². The van der Waals surface area contributed by atoms with Crippen molar-refractivity contribution in [1.29, 1.82) is 0 Å². The first kappa shape index (κ1) is 33.0. The summed E-state index contributed by atoms with van der Waals surface area (Å²) in [6.45, 7) is 7.28. The van der Waals surface area contributed by atoms with Gasteiger partial charge in [-0.15, -0.1) is 11.3 Å². The normalized spacial score (nSPS) is 26.9. The zero-order chi connectivity index (χ0) is 37.2. The molecule has 1 saturated carbocycles. The van der Waals surface area contributed by atoms with Gasteiger partial charge in [0.1, 0.15) is 0 Å². The van der Waals surface area contributed by atoms with Crippen LogP contribution in [0.5, 0.6) is 0 Å². The molecule has 7 unspecified atom stereocenters. The van der Waals surface area contributed by atoms with E-state index in [-0.39, 0.29) is 6.29 Å². The average molecular weight is 746 g/mol. The molecular formula is C52H47N3S. The Bertz CT molecular complexity index is 2910. The van der Waals surface area contributed by atoms with E-state index in [0.29, 0.717) is 35.5 Å². The summed E-state index contributed by atoms with van der Waals surface area (Å²) in [6.07, 6.45) is 13.4. The first-order valence-corrected chi connectivity index (χ1v) is 21.8. The van der Waals surface area contributed by atoms with Gasteiger partial charge >= 0.3 is 0 Å². The van der Waals surface area contributed by atoms with Gasteiger partial charge in [0.15, 0.2) is 0 Å². The Kier molecular flexibility index (Phi) is 7.31. The quantitative estimate of drug-likeness (QED) is 0.191. The smallest absolute Gasteiger partial charge is 0.200 e. The molecule has 2 bridgehead atoms. The SMILES string of the molecule is CC1C=C2NC(n3c4c(c5ccc(-c6ccc7sc8ccccc8c7c6)cc53)C3CCC4C3)N=C(C3C(C)C=C(c4ccc5ccccc5c4)CC3C)C2=CC1. The molecule has 12 rings (SSSR count). The molecule has 0 radical (unpaired) electrons. The minimum absolute atomic E-state index is 0.173. The molecule has 0 amide bonds. The first-order valence-electron chi connectivity index (χ1n) is 21.0. The second-order valence-corrected chi connectivity index (χ2v) is 18.8. The van der Waals surface area contributed by atoms with Gasteiger partial charge in [0, 0.05) is 54.4 Å².